The molecule has 1 saturated heterocycles. The molecular formula is C17H18N4O4. The van der Waals surface area contributed by atoms with Crippen LogP contribution in [0, 0.1) is 17.0 Å². The summed E-state index contributed by atoms with van der Waals surface area (Å²) in [7, 11) is 0. The van der Waals surface area contributed by atoms with E-state index < -0.39 is 4.92 Å². The number of aromatic nitrogens is 2. The number of benzene rings is 1. The van der Waals surface area contributed by atoms with Gasteiger partial charge in [-0.15, -0.1) is 0 Å². The number of hydrogen-bond acceptors (Lipinski definition) is 6. The summed E-state index contributed by atoms with van der Waals surface area (Å²) in [5.74, 6) is -0.219. The normalized spacial score (nSPS) is 17.2. The van der Waals surface area contributed by atoms with Gasteiger partial charge >= 0.3 is 6.01 Å². The number of nitro benzene ring substituents is 1. The lowest BCUT2D eigenvalue weighted by Gasteiger charge is -2.32. The van der Waals surface area contributed by atoms with Gasteiger partial charge in [0.05, 0.1) is 11.5 Å². The molecule has 0 N–H and O–H groups in total. The Labute approximate surface area is 144 Å². The minimum absolute atomic E-state index is 0.0478. The zero-order valence-corrected chi connectivity index (χ0v) is 13.8. The summed E-state index contributed by atoms with van der Waals surface area (Å²) in [6.45, 7) is 2.59. The van der Waals surface area contributed by atoms with E-state index in [0.29, 0.717) is 24.2 Å². The highest BCUT2D eigenvalue weighted by atomic mass is 16.6. The van der Waals surface area contributed by atoms with Gasteiger partial charge in [-0.25, -0.2) is 9.97 Å². The van der Waals surface area contributed by atoms with Gasteiger partial charge in [0.1, 0.15) is 6.10 Å². The molecule has 1 amide bonds. The SMILES string of the molecule is Cc1c(C(=O)N2CCCC(Oc3ncccn3)C2)cccc1[N+](=O)[O-]. The molecule has 0 aliphatic carbocycles. The standard InChI is InChI=1S/C17H18N4O4/c1-12-14(6-2-7-15(12)21(23)24)16(22)20-10-3-5-13(11-20)25-17-18-8-4-9-19-17/h2,4,6-9,13H,3,5,10-11H2,1H3. The van der Waals surface area contributed by atoms with Gasteiger partial charge in [-0.05, 0) is 31.9 Å². The highest BCUT2D eigenvalue weighted by molar-refractivity contribution is 5.96. The number of carbonyl (C=O) groups is 1. The van der Waals surface area contributed by atoms with E-state index in [1.807, 2.05) is 0 Å². The first-order chi connectivity index (χ1) is 12.1. The summed E-state index contributed by atoms with van der Waals surface area (Å²) in [5.41, 5.74) is 0.686. The van der Waals surface area contributed by atoms with Crippen molar-refractivity contribution in [2.75, 3.05) is 13.1 Å². The van der Waals surface area contributed by atoms with Crippen molar-refractivity contribution < 1.29 is 14.5 Å². The Morgan fingerprint density at radius 1 is 1.32 bits per heavy atom. The smallest absolute Gasteiger partial charge is 0.316 e. The second kappa shape index (κ2) is 7.25. The fraction of sp³-hybridized carbons (Fsp3) is 0.353. The van der Waals surface area contributed by atoms with Gasteiger partial charge in [-0.1, -0.05) is 6.07 Å². The Balaban J connectivity index is 1.74. The third-order valence-electron chi connectivity index (χ3n) is 4.21. The van der Waals surface area contributed by atoms with Crippen LogP contribution in [0.3, 0.4) is 0 Å². The van der Waals surface area contributed by atoms with E-state index in [4.69, 9.17) is 4.74 Å². The van der Waals surface area contributed by atoms with Crippen molar-refractivity contribution in [2.24, 2.45) is 0 Å². The van der Waals surface area contributed by atoms with E-state index in [9.17, 15) is 14.9 Å². The van der Waals surface area contributed by atoms with Crippen LogP contribution in [0.4, 0.5) is 5.69 Å². The summed E-state index contributed by atoms with van der Waals surface area (Å²) in [4.78, 5) is 33.2. The minimum Gasteiger partial charge on any atom is -0.458 e. The predicted octanol–water partition coefficient (Wildman–Crippen LogP) is 2.38. The van der Waals surface area contributed by atoms with Crippen LogP contribution in [-0.4, -0.2) is 44.9 Å². The molecule has 8 nitrogen and oxygen atoms in total. The first-order valence-corrected chi connectivity index (χ1v) is 8.03. The summed E-state index contributed by atoms with van der Waals surface area (Å²) in [6.07, 6.45) is 4.59. The third kappa shape index (κ3) is 3.73. The van der Waals surface area contributed by atoms with Crippen LogP contribution in [0.1, 0.15) is 28.8 Å². The molecule has 2 aromatic rings. The Bertz CT molecular complexity index is 781. The fourth-order valence-electron chi connectivity index (χ4n) is 2.94. The minimum atomic E-state index is -0.471. The van der Waals surface area contributed by atoms with Gasteiger partial charge in [0.15, 0.2) is 0 Å². The lowest BCUT2D eigenvalue weighted by molar-refractivity contribution is -0.385. The van der Waals surface area contributed by atoms with Crippen molar-refractivity contribution in [1.29, 1.82) is 0 Å². The molecule has 1 fully saturated rings. The van der Waals surface area contributed by atoms with Crippen molar-refractivity contribution in [3.8, 4) is 6.01 Å². The van der Waals surface area contributed by atoms with Gasteiger partial charge in [0, 0.05) is 36.1 Å². The van der Waals surface area contributed by atoms with Crippen LogP contribution in [0.15, 0.2) is 36.7 Å². The summed E-state index contributed by atoms with van der Waals surface area (Å²) < 4.78 is 5.74. The largest absolute Gasteiger partial charge is 0.458 e. The monoisotopic (exact) mass is 342 g/mol. The molecule has 25 heavy (non-hydrogen) atoms. The maximum absolute atomic E-state index is 12.8. The van der Waals surface area contributed by atoms with Gasteiger partial charge in [-0.3, -0.25) is 14.9 Å². The van der Waals surface area contributed by atoms with Gasteiger partial charge in [0.2, 0.25) is 0 Å². The first kappa shape index (κ1) is 16.8. The molecular weight excluding hydrogens is 324 g/mol. The Kier molecular flexibility index (Phi) is 4.87. The van der Waals surface area contributed by atoms with Crippen LogP contribution in [0.2, 0.25) is 0 Å². The lowest BCUT2D eigenvalue weighted by atomic mass is 10.0. The average molecular weight is 342 g/mol. The topological polar surface area (TPSA) is 98.5 Å². The number of rotatable bonds is 4. The van der Waals surface area contributed by atoms with Crippen LogP contribution < -0.4 is 4.74 Å². The van der Waals surface area contributed by atoms with Crippen LogP contribution in [0.25, 0.3) is 0 Å². The molecule has 130 valence electrons. The van der Waals surface area contributed by atoms with E-state index in [-0.39, 0.29) is 23.7 Å². The molecule has 1 aliphatic heterocycles. The van der Waals surface area contributed by atoms with E-state index in [2.05, 4.69) is 9.97 Å². The molecule has 0 radical (unpaired) electrons. The average Bonchev–Trinajstić information content (AvgIpc) is 2.62. The second-order valence-electron chi connectivity index (χ2n) is 5.87. The zero-order chi connectivity index (χ0) is 17.8. The van der Waals surface area contributed by atoms with Crippen LogP contribution in [-0.2, 0) is 0 Å². The molecule has 1 atom stereocenters. The van der Waals surface area contributed by atoms with Gasteiger partial charge < -0.3 is 9.64 Å². The van der Waals surface area contributed by atoms with Crippen molar-refractivity contribution in [3.05, 3.63) is 57.9 Å². The molecule has 3 rings (SSSR count). The highest BCUT2D eigenvalue weighted by Gasteiger charge is 2.28. The molecule has 0 spiro atoms. The number of carbonyl (C=O) groups excluding carboxylic acids is 1. The van der Waals surface area contributed by atoms with Crippen molar-refractivity contribution in [1.82, 2.24) is 14.9 Å². The number of piperidine rings is 1. The number of nitrogens with zero attached hydrogens (tertiary/aromatic N) is 4. The quantitative estimate of drug-likeness (QED) is 0.625. The molecule has 1 aliphatic rings. The Morgan fingerprint density at radius 3 is 2.80 bits per heavy atom. The molecule has 2 heterocycles. The maximum atomic E-state index is 12.8. The van der Waals surface area contributed by atoms with Gasteiger partial charge in [0.25, 0.3) is 11.6 Å². The molecule has 0 bridgehead atoms. The van der Waals surface area contributed by atoms with Gasteiger partial charge in [-0.2, -0.15) is 0 Å². The fourth-order valence-corrected chi connectivity index (χ4v) is 2.94. The third-order valence-corrected chi connectivity index (χ3v) is 4.21. The number of likely N-dealkylation sites (tertiary alicyclic amines) is 1. The lowest BCUT2D eigenvalue weighted by Crippen LogP contribution is -2.44. The van der Waals surface area contributed by atoms with Crippen LogP contribution in [0.5, 0.6) is 6.01 Å². The van der Waals surface area contributed by atoms with Crippen molar-refractivity contribution >= 4 is 11.6 Å². The first-order valence-electron chi connectivity index (χ1n) is 8.03. The highest BCUT2D eigenvalue weighted by Crippen LogP contribution is 2.24. The summed E-state index contributed by atoms with van der Waals surface area (Å²) in [6, 6.07) is 6.55. The molecule has 0 saturated carbocycles. The second-order valence-corrected chi connectivity index (χ2v) is 5.87. The van der Waals surface area contributed by atoms with Crippen molar-refractivity contribution in [3.63, 3.8) is 0 Å². The predicted molar refractivity (Wildman–Crippen MR) is 89.4 cm³/mol. The molecule has 8 heteroatoms. The van der Waals surface area contributed by atoms with E-state index in [1.54, 1.807) is 36.4 Å². The van der Waals surface area contributed by atoms with E-state index in [1.165, 1.54) is 12.1 Å². The van der Waals surface area contributed by atoms with E-state index in [0.717, 1.165) is 12.8 Å². The number of amides is 1. The number of ether oxygens (including phenoxy) is 1. The molecule has 1 aromatic carbocycles. The Morgan fingerprint density at radius 2 is 2.08 bits per heavy atom. The zero-order valence-electron chi connectivity index (χ0n) is 13.8. The summed E-state index contributed by atoms with van der Waals surface area (Å²) >= 11 is 0. The van der Waals surface area contributed by atoms with Crippen LogP contribution >= 0.6 is 0 Å². The summed E-state index contributed by atoms with van der Waals surface area (Å²) in [5, 5.41) is 11.1. The maximum Gasteiger partial charge on any atom is 0.316 e. The van der Waals surface area contributed by atoms with E-state index >= 15 is 0 Å². The molecule has 1 unspecified atom stereocenters. The number of nitro groups is 1. The van der Waals surface area contributed by atoms with Crippen molar-refractivity contribution in [2.45, 2.75) is 25.9 Å². The number of hydrogen-bond donors (Lipinski definition) is 0. The Hall–Kier alpha value is -3.03. The molecule has 1 aromatic heterocycles.